The van der Waals surface area contributed by atoms with Crippen LogP contribution in [0.25, 0.3) is 22.2 Å². The van der Waals surface area contributed by atoms with Crippen LogP contribution in [0.3, 0.4) is 0 Å². The van der Waals surface area contributed by atoms with Crippen LogP contribution in [0.1, 0.15) is 25.5 Å². The zero-order chi connectivity index (χ0) is 21.2. The Morgan fingerprint density at radius 2 is 2.10 bits per heavy atom. The maximum absolute atomic E-state index is 6.74. The van der Waals surface area contributed by atoms with Crippen molar-refractivity contribution in [2.45, 2.75) is 42.3 Å². The first-order valence-corrected chi connectivity index (χ1v) is 11.6. The molecule has 1 saturated heterocycles. The van der Waals surface area contributed by atoms with Crippen LogP contribution in [0.5, 0.6) is 0 Å². The number of rotatable bonds is 4. The number of pyridine rings is 1. The van der Waals surface area contributed by atoms with Gasteiger partial charge in [0.2, 0.25) is 0 Å². The topological polar surface area (TPSA) is 109 Å². The fourth-order valence-corrected chi connectivity index (χ4v) is 5.54. The largest absolute Gasteiger partial charge is 0.354 e. The van der Waals surface area contributed by atoms with E-state index in [1.165, 1.54) is 24.6 Å². The molecule has 1 aliphatic heterocycles. The van der Waals surface area contributed by atoms with E-state index in [1.807, 2.05) is 6.07 Å². The molecular weight excluding hydrogens is 432 g/mol. The summed E-state index contributed by atoms with van der Waals surface area (Å²) >= 11 is 8.20. The number of nitrogens with two attached hydrogens (primary N) is 1. The highest BCUT2D eigenvalue weighted by molar-refractivity contribution is 7.99. The van der Waals surface area contributed by atoms with Crippen molar-refractivity contribution in [2.24, 2.45) is 11.1 Å². The Hall–Kier alpha value is -2.49. The van der Waals surface area contributed by atoms with E-state index in [0.29, 0.717) is 15.8 Å². The van der Waals surface area contributed by atoms with Gasteiger partial charge in [-0.15, -0.1) is 0 Å². The number of aromatic nitrogens is 6. The monoisotopic (exact) mass is 452 g/mol. The lowest BCUT2D eigenvalue weighted by atomic mass is 10.0. The number of halogens is 1. The molecular formula is C21H21ClN8S. The summed E-state index contributed by atoms with van der Waals surface area (Å²) < 4.78 is 0. The van der Waals surface area contributed by atoms with Crippen molar-refractivity contribution in [3.63, 3.8) is 0 Å². The summed E-state index contributed by atoms with van der Waals surface area (Å²) in [6, 6.07) is 2.12. The van der Waals surface area contributed by atoms with Crippen molar-refractivity contribution in [3.8, 4) is 0 Å². The predicted molar refractivity (Wildman–Crippen MR) is 122 cm³/mol. The van der Waals surface area contributed by atoms with E-state index in [9.17, 15) is 0 Å². The van der Waals surface area contributed by atoms with Crippen LogP contribution in [-0.2, 0) is 6.42 Å². The smallest absolute Gasteiger partial charge is 0.196 e. The number of hydrogen-bond donors (Lipinski definition) is 2. The molecule has 1 unspecified atom stereocenters. The van der Waals surface area contributed by atoms with Gasteiger partial charge in [0.1, 0.15) is 17.0 Å². The molecule has 0 bridgehead atoms. The molecule has 0 aromatic carbocycles. The Morgan fingerprint density at radius 1 is 1.26 bits per heavy atom. The van der Waals surface area contributed by atoms with Gasteiger partial charge >= 0.3 is 0 Å². The van der Waals surface area contributed by atoms with Gasteiger partial charge in [-0.25, -0.2) is 19.9 Å². The highest BCUT2D eigenvalue weighted by Crippen LogP contribution is 2.53. The zero-order valence-corrected chi connectivity index (χ0v) is 18.5. The molecule has 0 amide bonds. The summed E-state index contributed by atoms with van der Waals surface area (Å²) in [6.45, 7) is 3.78. The lowest BCUT2D eigenvalue weighted by molar-refractivity contribution is 0.499. The number of nitrogens with one attached hydrogen (secondary N) is 1. The van der Waals surface area contributed by atoms with Crippen molar-refractivity contribution >= 4 is 51.4 Å². The number of aromatic amines is 1. The Kier molecular flexibility index (Phi) is 4.35. The lowest BCUT2D eigenvalue weighted by Crippen LogP contribution is -2.30. The van der Waals surface area contributed by atoms with Crippen LogP contribution >= 0.6 is 23.4 Å². The maximum atomic E-state index is 6.74. The minimum Gasteiger partial charge on any atom is -0.354 e. The highest BCUT2D eigenvalue weighted by atomic mass is 35.5. The molecule has 6 rings (SSSR count). The number of H-pyrrole nitrogens is 1. The van der Waals surface area contributed by atoms with E-state index in [1.54, 1.807) is 18.6 Å². The van der Waals surface area contributed by atoms with Crippen molar-refractivity contribution in [1.82, 2.24) is 29.9 Å². The van der Waals surface area contributed by atoms with Gasteiger partial charge in [0, 0.05) is 53.7 Å². The minimum atomic E-state index is 0.167. The van der Waals surface area contributed by atoms with Crippen molar-refractivity contribution in [1.29, 1.82) is 0 Å². The van der Waals surface area contributed by atoms with E-state index < -0.39 is 0 Å². The Labute approximate surface area is 188 Å². The number of hydrogen-bond acceptors (Lipinski definition) is 8. The third-order valence-corrected chi connectivity index (χ3v) is 7.63. The predicted octanol–water partition coefficient (Wildman–Crippen LogP) is 3.59. The van der Waals surface area contributed by atoms with Gasteiger partial charge in [-0.3, -0.25) is 4.98 Å². The average molecular weight is 453 g/mol. The molecule has 1 spiro atoms. The molecule has 31 heavy (non-hydrogen) atoms. The van der Waals surface area contributed by atoms with E-state index in [0.717, 1.165) is 52.5 Å². The van der Waals surface area contributed by atoms with Gasteiger partial charge in [-0.05, 0) is 37.1 Å². The molecule has 8 nitrogen and oxygen atoms in total. The quantitative estimate of drug-likeness (QED) is 0.452. The normalized spacial score (nSPS) is 19.7. The summed E-state index contributed by atoms with van der Waals surface area (Å²) in [5.74, 6) is 0.862. The molecule has 3 N–H and O–H groups in total. The summed E-state index contributed by atoms with van der Waals surface area (Å²) in [7, 11) is 0. The second-order valence-corrected chi connectivity index (χ2v) is 9.76. The van der Waals surface area contributed by atoms with Gasteiger partial charge < -0.3 is 15.6 Å². The highest BCUT2D eigenvalue weighted by Gasteiger charge is 2.54. The Morgan fingerprint density at radius 3 is 2.87 bits per heavy atom. The third kappa shape index (κ3) is 3.14. The molecule has 4 aromatic heterocycles. The van der Waals surface area contributed by atoms with Gasteiger partial charge in [0.05, 0.1) is 10.4 Å². The Bertz CT molecular complexity index is 1320. The van der Waals surface area contributed by atoms with E-state index in [4.69, 9.17) is 27.3 Å². The van der Waals surface area contributed by atoms with Crippen molar-refractivity contribution in [2.75, 3.05) is 18.0 Å². The molecule has 10 heteroatoms. The SMILES string of the molecule is CCc1[nH]c2nc(Sc3cnc4nccnc4c3)nc(N3CC(N)C4(CC4)C3)c2c1Cl. The molecule has 5 heterocycles. The van der Waals surface area contributed by atoms with Crippen LogP contribution in [0, 0.1) is 5.41 Å². The minimum absolute atomic E-state index is 0.167. The summed E-state index contributed by atoms with van der Waals surface area (Å²) in [5, 5.41) is 2.23. The standard InChI is InChI=1S/C21H21ClN8S/c1-2-12-16(22)15-18(27-12)28-20(29-19(15)30-9-14(23)21(10-30)3-4-21)31-11-7-13-17(26-8-11)25-6-5-24-13/h5-8,14H,2-4,9-10,23H2,1H3,(H,27,28,29). The molecule has 1 saturated carbocycles. The lowest BCUT2D eigenvalue weighted by Gasteiger charge is -2.19. The van der Waals surface area contributed by atoms with Crippen LogP contribution in [0.2, 0.25) is 5.02 Å². The number of anilines is 1. The van der Waals surface area contributed by atoms with E-state index >= 15 is 0 Å². The van der Waals surface area contributed by atoms with Gasteiger partial charge in [-0.2, -0.15) is 0 Å². The first kappa shape index (κ1) is 19.2. The van der Waals surface area contributed by atoms with Crippen molar-refractivity contribution < 1.29 is 0 Å². The summed E-state index contributed by atoms with van der Waals surface area (Å²) in [6.07, 6.45) is 8.25. The summed E-state index contributed by atoms with van der Waals surface area (Å²) in [4.78, 5) is 29.3. The molecule has 0 radical (unpaired) electrons. The van der Waals surface area contributed by atoms with E-state index in [-0.39, 0.29) is 11.5 Å². The molecule has 2 fully saturated rings. The number of aryl methyl sites for hydroxylation is 1. The average Bonchev–Trinajstić information content (AvgIpc) is 3.39. The van der Waals surface area contributed by atoms with Crippen LogP contribution in [0.4, 0.5) is 5.82 Å². The zero-order valence-electron chi connectivity index (χ0n) is 17.0. The fraction of sp³-hybridized carbons (Fsp3) is 0.381. The first-order valence-electron chi connectivity index (χ1n) is 10.4. The van der Waals surface area contributed by atoms with Crippen molar-refractivity contribution in [3.05, 3.63) is 35.4 Å². The molecule has 2 aliphatic rings. The second kappa shape index (κ2) is 7.01. The third-order valence-electron chi connectivity index (χ3n) is 6.39. The summed E-state index contributed by atoms with van der Waals surface area (Å²) in [5.41, 5.74) is 9.81. The van der Waals surface area contributed by atoms with Crippen LogP contribution in [-0.4, -0.2) is 49.0 Å². The van der Waals surface area contributed by atoms with Gasteiger partial charge in [0.15, 0.2) is 10.8 Å². The van der Waals surface area contributed by atoms with Gasteiger partial charge in [0.25, 0.3) is 0 Å². The van der Waals surface area contributed by atoms with Gasteiger partial charge in [-0.1, -0.05) is 18.5 Å². The Balaban J connectivity index is 1.44. The molecule has 158 valence electrons. The first-order chi connectivity index (χ1) is 15.1. The second-order valence-electron chi connectivity index (χ2n) is 8.35. The number of fused-ring (bicyclic) bond motifs is 2. The molecule has 1 aliphatic carbocycles. The van der Waals surface area contributed by atoms with E-state index in [2.05, 4.69) is 31.8 Å². The maximum Gasteiger partial charge on any atom is 0.196 e. The molecule has 4 aromatic rings. The van der Waals surface area contributed by atoms with Crippen LogP contribution in [0.15, 0.2) is 34.7 Å². The van der Waals surface area contributed by atoms with Crippen LogP contribution < -0.4 is 10.6 Å². The number of nitrogens with zero attached hydrogens (tertiary/aromatic N) is 6. The molecule has 1 atom stereocenters. The fourth-order valence-electron chi connectivity index (χ4n) is 4.43.